The van der Waals surface area contributed by atoms with Crippen molar-refractivity contribution < 1.29 is 9.59 Å². The number of anilines is 1. The molecule has 0 aliphatic carbocycles. The van der Waals surface area contributed by atoms with Crippen LogP contribution in [0.5, 0.6) is 0 Å². The minimum atomic E-state index is -0.232. The van der Waals surface area contributed by atoms with Gasteiger partial charge in [0, 0.05) is 45.3 Å². The van der Waals surface area contributed by atoms with Crippen molar-refractivity contribution in [2.45, 2.75) is 25.7 Å². The molecule has 1 aromatic rings. The summed E-state index contributed by atoms with van der Waals surface area (Å²) in [6, 6.07) is 5.92. The minimum Gasteiger partial charge on any atom is -0.370 e. The van der Waals surface area contributed by atoms with E-state index in [9.17, 15) is 9.59 Å². The normalized spacial score (nSPS) is 21.6. The molecular weight excluding hydrogens is 330 g/mol. The van der Waals surface area contributed by atoms with Gasteiger partial charge < -0.3 is 15.5 Å². The zero-order valence-corrected chi connectivity index (χ0v) is 15.3. The summed E-state index contributed by atoms with van der Waals surface area (Å²) in [5.41, 5.74) is 5.25. The third-order valence-electron chi connectivity index (χ3n) is 5.37. The summed E-state index contributed by atoms with van der Waals surface area (Å²) in [4.78, 5) is 34.5. The zero-order valence-electron chi connectivity index (χ0n) is 15.3. The third kappa shape index (κ3) is 5.17. The van der Waals surface area contributed by atoms with Crippen molar-refractivity contribution in [1.29, 1.82) is 0 Å². The van der Waals surface area contributed by atoms with Gasteiger partial charge in [0.1, 0.15) is 5.82 Å². The number of nitrogens with zero attached hydrogens (tertiary/aromatic N) is 4. The van der Waals surface area contributed by atoms with E-state index in [1.54, 1.807) is 6.20 Å². The molecule has 0 radical (unpaired) electrons. The topological polar surface area (TPSA) is 82.8 Å². The summed E-state index contributed by atoms with van der Waals surface area (Å²) >= 11 is 0. The van der Waals surface area contributed by atoms with Crippen LogP contribution in [0, 0.1) is 5.92 Å². The van der Waals surface area contributed by atoms with Crippen LogP contribution in [-0.2, 0) is 9.59 Å². The summed E-state index contributed by atoms with van der Waals surface area (Å²) < 4.78 is 0. The first-order chi connectivity index (χ1) is 12.6. The van der Waals surface area contributed by atoms with Crippen molar-refractivity contribution in [2.24, 2.45) is 11.7 Å². The molecule has 2 fully saturated rings. The van der Waals surface area contributed by atoms with Crippen LogP contribution in [0.15, 0.2) is 24.4 Å². The number of likely N-dealkylation sites (tertiary alicyclic amines) is 1. The smallest absolute Gasteiger partial charge is 0.236 e. The van der Waals surface area contributed by atoms with Gasteiger partial charge in [-0.05, 0) is 43.9 Å². The number of piperidine rings is 1. The molecular formula is C19H29N5O2. The van der Waals surface area contributed by atoms with Gasteiger partial charge >= 0.3 is 0 Å². The number of hydrogen-bond acceptors (Lipinski definition) is 5. The minimum absolute atomic E-state index is 0.209. The molecule has 1 aromatic heterocycles. The molecule has 2 aliphatic heterocycles. The number of primary amides is 1. The highest BCUT2D eigenvalue weighted by atomic mass is 16.2. The molecule has 2 aliphatic rings. The second-order valence-electron chi connectivity index (χ2n) is 7.30. The highest BCUT2D eigenvalue weighted by Gasteiger charge is 2.26. The van der Waals surface area contributed by atoms with Gasteiger partial charge in [0.2, 0.25) is 11.8 Å². The zero-order chi connectivity index (χ0) is 18.4. The molecule has 3 heterocycles. The van der Waals surface area contributed by atoms with E-state index in [-0.39, 0.29) is 11.8 Å². The Bertz CT molecular complexity index is 601. The van der Waals surface area contributed by atoms with Crippen molar-refractivity contribution in [3.05, 3.63) is 24.4 Å². The number of piperazine rings is 1. The molecule has 142 valence electrons. The first-order valence-electron chi connectivity index (χ1n) is 9.56. The Labute approximate surface area is 155 Å². The van der Waals surface area contributed by atoms with E-state index in [4.69, 9.17) is 5.73 Å². The lowest BCUT2D eigenvalue weighted by atomic mass is 9.93. The molecule has 2 N–H and O–H groups in total. The van der Waals surface area contributed by atoms with Crippen molar-refractivity contribution >= 4 is 17.6 Å². The van der Waals surface area contributed by atoms with E-state index in [0.29, 0.717) is 18.9 Å². The second kappa shape index (κ2) is 8.98. The fraction of sp³-hybridized carbons (Fsp3) is 0.632. The fourth-order valence-corrected chi connectivity index (χ4v) is 3.89. The Kier molecular flexibility index (Phi) is 6.44. The average molecular weight is 359 g/mol. The van der Waals surface area contributed by atoms with Crippen molar-refractivity contribution in [1.82, 2.24) is 14.8 Å². The number of rotatable bonds is 6. The van der Waals surface area contributed by atoms with Gasteiger partial charge in [0.05, 0.1) is 6.54 Å². The Balaban J connectivity index is 1.43. The van der Waals surface area contributed by atoms with Crippen LogP contribution in [0.2, 0.25) is 0 Å². The number of aromatic nitrogens is 1. The van der Waals surface area contributed by atoms with Gasteiger partial charge in [-0.3, -0.25) is 14.5 Å². The first kappa shape index (κ1) is 18.6. The van der Waals surface area contributed by atoms with E-state index in [2.05, 4.69) is 14.8 Å². The lowest BCUT2D eigenvalue weighted by Gasteiger charge is -2.37. The molecule has 1 atom stereocenters. The molecule has 0 bridgehead atoms. The van der Waals surface area contributed by atoms with E-state index in [1.807, 2.05) is 23.1 Å². The number of nitrogens with two attached hydrogens (primary N) is 1. The lowest BCUT2D eigenvalue weighted by molar-refractivity contribution is -0.133. The Morgan fingerprint density at radius 2 is 1.96 bits per heavy atom. The third-order valence-corrected chi connectivity index (χ3v) is 5.37. The van der Waals surface area contributed by atoms with Gasteiger partial charge in [0.15, 0.2) is 0 Å². The van der Waals surface area contributed by atoms with Crippen molar-refractivity contribution in [3.8, 4) is 0 Å². The monoisotopic (exact) mass is 359 g/mol. The van der Waals surface area contributed by atoms with Crippen LogP contribution in [0.4, 0.5) is 5.82 Å². The van der Waals surface area contributed by atoms with E-state index in [0.717, 1.165) is 64.3 Å². The van der Waals surface area contributed by atoms with Crippen LogP contribution in [0.3, 0.4) is 0 Å². The molecule has 2 saturated heterocycles. The summed E-state index contributed by atoms with van der Waals surface area (Å²) in [5, 5.41) is 0. The molecule has 0 spiro atoms. The molecule has 7 heteroatoms. The van der Waals surface area contributed by atoms with Crippen molar-refractivity contribution in [3.63, 3.8) is 0 Å². The van der Waals surface area contributed by atoms with E-state index in [1.165, 1.54) is 0 Å². The standard InChI is InChI=1S/C19H29N5O2/c20-17(25)7-6-16-4-3-9-22(14-16)15-19(26)24-12-10-23(11-13-24)18-5-1-2-8-21-18/h1-2,5,8,16H,3-4,6-7,9-15H2,(H2,20,25). The van der Waals surface area contributed by atoms with Crippen LogP contribution in [-0.4, -0.2) is 72.4 Å². The number of pyridine rings is 1. The molecule has 26 heavy (non-hydrogen) atoms. The number of amides is 2. The molecule has 0 saturated carbocycles. The van der Waals surface area contributed by atoms with Gasteiger partial charge in [-0.15, -0.1) is 0 Å². The quantitative estimate of drug-likeness (QED) is 0.809. The SMILES string of the molecule is NC(=O)CCC1CCCN(CC(=O)N2CCN(c3ccccn3)CC2)C1. The maximum atomic E-state index is 12.7. The van der Waals surface area contributed by atoms with Gasteiger partial charge in [-0.25, -0.2) is 4.98 Å². The maximum absolute atomic E-state index is 12.7. The average Bonchev–Trinajstić information content (AvgIpc) is 2.67. The predicted octanol–water partition coefficient (Wildman–Crippen LogP) is 0.708. The maximum Gasteiger partial charge on any atom is 0.236 e. The highest BCUT2D eigenvalue weighted by molar-refractivity contribution is 5.78. The van der Waals surface area contributed by atoms with Crippen LogP contribution in [0.25, 0.3) is 0 Å². The molecule has 1 unspecified atom stereocenters. The summed E-state index contributed by atoms with van der Waals surface area (Å²) in [6.45, 7) is 5.48. The summed E-state index contributed by atoms with van der Waals surface area (Å²) in [5.74, 6) is 1.43. The molecule has 0 aromatic carbocycles. The summed E-state index contributed by atoms with van der Waals surface area (Å²) in [7, 11) is 0. The molecule has 7 nitrogen and oxygen atoms in total. The van der Waals surface area contributed by atoms with Crippen LogP contribution >= 0.6 is 0 Å². The Morgan fingerprint density at radius 1 is 1.15 bits per heavy atom. The lowest BCUT2D eigenvalue weighted by Crippen LogP contribution is -2.52. The van der Waals surface area contributed by atoms with E-state index < -0.39 is 0 Å². The van der Waals surface area contributed by atoms with Crippen LogP contribution in [0.1, 0.15) is 25.7 Å². The predicted molar refractivity (Wildman–Crippen MR) is 101 cm³/mol. The van der Waals surface area contributed by atoms with Gasteiger partial charge in [0.25, 0.3) is 0 Å². The Hall–Kier alpha value is -2.15. The fourth-order valence-electron chi connectivity index (χ4n) is 3.89. The van der Waals surface area contributed by atoms with Gasteiger partial charge in [-0.1, -0.05) is 6.07 Å². The van der Waals surface area contributed by atoms with E-state index >= 15 is 0 Å². The van der Waals surface area contributed by atoms with Gasteiger partial charge in [-0.2, -0.15) is 0 Å². The molecule has 2 amide bonds. The molecule has 3 rings (SSSR count). The summed E-state index contributed by atoms with van der Waals surface area (Å²) in [6.07, 6.45) is 5.30. The number of carbonyl (C=O) groups is 2. The number of hydrogen-bond donors (Lipinski definition) is 1. The first-order valence-corrected chi connectivity index (χ1v) is 9.56. The largest absolute Gasteiger partial charge is 0.370 e. The highest BCUT2D eigenvalue weighted by Crippen LogP contribution is 2.21. The Morgan fingerprint density at radius 3 is 2.65 bits per heavy atom. The van der Waals surface area contributed by atoms with Crippen LogP contribution < -0.4 is 10.6 Å². The second-order valence-corrected chi connectivity index (χ2v) is 7.30. The van der Waals surface area contributed by atoms with Crippen molar-refractivity contribution in [2.75, 3.05) is 50.7 Å². The number of carbonyl (C=O) groups excluding carboxylic acids is 2.